The van der Waals surface area contributed by atoms with Gasteiger partial charge in [-0.1, -0.05) is 12.8 Å². The van der Waals surface area contributed by atoms with Crippen molar-refractivity contribution in [3.8, 4) is 0 Å². The van der Waals surface area contributed by atoms with Gasteiger partial charge in [0.1, 0.15) is 22.8 Å². The molecule has 3 aromatic rings. The molecule has 6 rings (SSSR count). The zero-order valence-electron chi connectivity index (χ0n) is 28.0. The molecule has 3 aromatic heterocycles. The lowest BCUT2D eigenvalue weighted by molar-refractivity contribution is 0.0143. The molecule has 0 bridgehead atoms. The van der Waals surface area contributed by atoms with Gasteiger partial charge < -0.3 is 29.3 Å². The molecule has 0 unspecified atom stereocenters. The standard InChI is InChI=1S/C34H49N9O3/c1-34(2,3)46-33(45)42-14-8-9-24(23-42)22-40-15-17-41(18-16-40)27-12-13-29(35-21-27)37-32-36-20-25-19-28(31(44)39(4)5)43(30(25)38-32)26-10-6-7-11-26/h12-13,19-21,24,26H,6-11,14-18,22-23H2,1-5H3,(H,35,36,37,38)/t24-/m0/s1. The Balaban J connectivity index is 1.05. The molecule has 46 heavy (non-hydrogen) atoms. The normalized spacial score (nSPS) is 19.9. The fraction of sp³-hybridized carbons (Fsp3) is 0.618. The minimum Gasteiger partial charge on any atom is -0.444 e. The first-order valence-corrected chi connectivity index (χ1v) is 16.8. The minimum atomic E-state index is -0.466. The summed E-state index contributed by atoms with van der Waals surface area (Å²) >= 11 is 0. The number of hydrogen-bond acceptors (Lipinski definition) is 9. The summed E-state index contributed by atoms with van der Waals surface area (Å²) < 4.78 is 7.74. The number of nitrogens with one attached hydrogen (secondary N) is 1. The number of amides is 2. The Morgan fingerprint density at radius 1 is 0.978 bits per heavy atom. The topological polar surface area (TPSA) is 112 Å². The summed E-state index contributed by atoms with van der Waals surface area (Å²) in [5.41, 5.74) is 2.08. The van der Waals surface area contributed by atoms with Crippen LogP contribution in [0.25, 0.3) is 11.0 Å². The molecule has 2 aliphatic heterocycles. The van der Waals surface area contributed by atoms with Gasteiger partial charge in [-0.05, 0) is 70.6 Å². The van der Waals surface area contributed by atoms with Crippen molar-refractivity contribution in [2.24, 2.45) is 5.92 Å². The molecular formula is C34H49N9O3. The van der Waals surface area contributed by atoms with Crippen LogP contribution in [0.3, 0.4) is 0 Å². The van der Waals surface area contributed by atoms with Crippen molar-refractivity contribution in [2.75, 3.05) is 70.1 Å². The van der Waals surface area contributed by atoms with Crippen LogP contribution in [-0.4, -0.2) is 112 Å². The highest BCUT2D eigenvalue weighted by molar-refractivity contribution is 5.98. The van der Waals surface area contributed by atoms with E-state index in [1.807, 2.05) is 44.0 Å². The Morgan fingerprint density at radius 3 is 2.41 bits per heavy atom. The maximum absolute atomic E-state index is 13.0. The highest BCUT2D eigenvalue weighted by Crippen LogP contribution is 2.35. The number of pyridine rings is 1. The quantitative estimate of drug-likeness (QED) is 0.378. The fourth-order valence-corrected chi connectivity index (χ4v) is 7.02. The van der Waals surface area contributed by atoms with E-state index in [-0.39, 0.29) is 18.0 Å². The number of anilines is 3. The number of ether oxygens (including phenoxy) is 1. The molecule has 2 saturated heterocycles. The number of piperazine rings is 1. The molecule has 1 N–H and O–H groups in total. The van der Waals surface area contributed by atoms with E-state index in [4.69, 9.17) is 9.72 Å². The summed E-state index contributed by atoms with van der Waals surface area (Å²) in [6, 6.07) is 6.25. The monoisotopic (exact) mass is 631 g/mol. The molecule has 1 atom stereocenters. The summed E-state index contributed by atoms with van der Waals surface area (Å²) in [5, 5.41) is 4.15. The molecule has 0 aromatic carbocycles. The van der Waals surface area contributed by atoms with Crippen molar-refractivity contribution in [3.05, 3.63) is 36.3 Å². The maximum Gasteiger partial charge on any atom is 0.410 e. The second-order valence-corrected chi connectivity index (χ2v) is 14.3. The van der Waals surface area contributed by atoms with Gasteiger partial charge in [0.2, 0.25) is 5.95 Å². The van der Waals surface area contributed by atoms with Crippen LogP contribution in [0.15, 0.2) is 30.6 Å². The number of fused-ring (bicyclic) bond motifs is 1. The molecule has 0 radical (unpaired) electrons. The van der Waals surface area contributed by atoms with Crippen LogP contribution in [0.4, 0.5) is 22.2 Å². The van der Waals surface area contributed by atoms with E-state index in [1.54, 1.807) is 25.2 Å². The number of likely N-dealkylation sites (tertiary alicyclic amines) is 1. The Kier molecular flexibility index (Phi) is 9.35. The summed E-state index contributed by atoms with van der Waals surface area (Å²) in [6.45, 7) is 12.1. The van der Waals surface area contributed by atoms with Crippen molar-refractivity contribution in [1.82, 2.24) is 34.2 Å². The molecule has 3 fully saturated rings. The van der Waals surface area contributed by atoms with Crippen LogP contribution in [0.5, 0.6) is 0 Å². The Bertz CT molecular complexity index is 1520. The second-order valence-electron chi connectivity index (χ2n) is 14.3. The van der Waals surface area contributed by atoms with Gasteiger partial charge in [-0.15, -0.1) is 0 Å². The van der Waals surface area contributed by atoms with Gasteiger partial charge in [0.25, 0.3) is 5.91 Å². The third-order valence-electron chi connectivity index (χ3n) is 9.30. The summed E-state index contributed by atoms with van der Waals surface area (Å²) in [7, 11) is 3.57. The number of carbonyl (C=O) groups excluding carboxylic acids is 2. The van der Waals surface area contributed by atoms with Gasteiger partial charge in [-0.25, -0.2) is 14.8 Å². The van der Waals surface area contributed by atoms with Gasteiger partial charge in [-0.3, -0.25) is 9.69 Å². The third-order valence-corrected chi connectivity index (χ3v) is 9.30. The van der Waals surface area contributed by atoms with E-state index >= 15 is 0 Å². The zero-order valence-corrected chi connectivity index (χ0v) is 28.0. The average molecular weight is 632 g/mol. The SMILES string of the molecule is CN(C)C(=O)c1cc2cnc(Nc3ccc(N4CCN(C[C@@H]5CCCN(C(=O)OC(C)(C)C)C5)CC4)cn3)nc2n1C1CCCC1. The van der Waals surface area contributed by atoms with Crippen LogP contribution in [0.2, 0.25) is 0 Å². The highest BCUT2D eigenvalue weighted by atomic mass is 16.6. The van der Waals surface area contributed by atoms with E-state index in [1.165, 1.54) is 0 Å². The predicted octanol–water partition coefficient (Wildman–Crippen LogP) is 5.16. The van der Waals surface area contributed by atoms with E-state index in [9.17, 15) is 9.59 Å². The molecule has 1 saturated carbocycles. The van der Waals surface area contributed by atoms with Gasteiger partial charge in [0.05, 0.1) is 11.9 Å². The molecule has 248 valence electrons. The summed E-state index contributed by atoms with van der Waals surface area (Å²) in [5.74, 6) is 1.60. The van der Waals surface area contributed by atoms with Crippen LogP contribution in [-0.2, 0) is 4.74 Å². The maximum atomic E-state index is 13.0. The number of hydrogen-bond donors (Lipinski definition) is 1. The predicted molar refractivity (Wildman–Crippen MR) is 180 cm³/mol. The van der Waals surface area contributed by atoms with Gasteiger partial charge in [-0.2, -0.15) is 4.98 Å². The lowest BCUT2D eigenvalue weighted by Crippen LogP contribution is -2.50. The number of nitrogens with zero attached hydrogens (tertiary/aromatic N) is 8. The Hall–Kier alpha value is -3.93. The van der Waals surface area contributed by atoms with Crippen molar-refractivity contribution in [1.29, 1.82) is 0 Å². The molecule has 5 heterocycles. The molecule has 1 aliphatic carbocycles. The van der Waals surface area contributed by atoms with Crippen molar-refractivity contribution in [2.45, 2.75) is 70.9 Å². The zero-order chi connectivity index (χ0) is 32.4. The van der Waals surface area contributed by atoms with Crippen LogP contribution < -0.4 is 10.2 Å². The number of aromatic nitrogens is 4. The number of rotatable bonds is 7. The molecule has 12 heteroatoms. The van der Waals surface area contributed by atoms with E-state index in [2.05, 4.69) is 35.7 Å². The molecule has 12 nitrogen and oxygen atoms in total. The van der Waals surface area contributed by atoms with Crippen LogP contribution in [0.1, 0.15) is 75.8 Å². The summed E-state index contributed by atoms with van der Waals surface area (Å²) in [6.07, 6.45) is 10.1. The van der Waals surface area contributed by atoms with Crippen LogP contribution in [0, 0.1) is 5.92 Å². The third kappa shape index (κ3) is 7.37. The first-order valence-electron chi connectivity index (χ1n) is 16.8. The lowest BCUT2D eigenvalue weighted by Gasteiger charge is -2.40. The molecule has 0 spiro atoms. The smallest absolute Gasteiger partial charge is 0.410 e. The van der Waals surface area contributed by atoms with Gasteiger partial charge in [0.15, 0.2) is 0 Å². The first kappa shape index (κ1) is 32.0. The number of carbonyl (C=O) groups is 2. The lowest BCUT2D eigenvalue weighted by atomic mass is 9.97. The van der Waals surface area contributed by atoms with E-state index in [0.717, 1.165) is 101 Å². The van der Waals surface area contributed by atoms with Gasteiger partial charge >= 0.3 is 6.09 Å². The Labute approximate surface area is 272 Å². The fourth-order valence-electron chi connectivity index (χ4n) is 7.02. The highest BCUT2D eigenvalue weighted by Gasteiger charge is 2.30. The van der Waals surface area contributed by atoms with Gasteiger partial charge in [0, 0.05) is 77.5 Å². The largest absolute Gasteiger partial charge is 0.444 e. The van der Waals surface area contributed by atoms with Crippen molar-refractivity contribution in [3.63, 3.8) is 0 Å². The first-order chi connectivity index (χ1) is 22.0. The molecular weight excluding hydrogens is 582 g/mol. The van der Waals surface area contributed by atoms with Crippen LogP contribution >= 0.6 is 0 Å². The minimum absolute atomic E-state index is 0.0173. The number of piperidine rings is 1. The second kappa shape index (κ2) is 13.4. The van der Waals surface area contributed by atoms with E-state index < -0.39 is 5.60 Å². The summed E-state index contributed by atoms with van der Waals surface area (Å²) in [4.78, 5) is 48.1. The van der Waals surface area contributed by atoms with E-state index in [0.29, 0.717) is 23.4 Å². The molecule has 2 amide bonds. The van der Waals surface area contributed by atoms with Crippen molar-refractivity contribution < 1.29 is 14.3 Å². The average Bonchev–Trinajstić information content (AvgIpc) is 3.69. The molecule has 3 aliphatic rings. The van der Waals surface area contributed by atoms with Crippen molar-refractivity contribution >= 4 is 40.5 Å². The Morgan fingerprint density at radius 2 is 1.74 bits per heavy atom.